The van der Waals surface area contributed by atoms with E-state index in [0.717, 1.165) is 23.2 Å². The number of aromatic nitrogens is 1. The third-order valence-corrected chi connectivity index (χ3v) is 6.38. The fraction of sp³-hybridized carbons (Fsp3) is 0.333. The lowest BCUT2D eigenvalue weighted by atomic mass is 9.79. The van der Waals surface area contributed by atoms with E-state index in [1.165, 1.54) is 7.11 Å². The largest absolute Gasteiger partial charge is 0.465 e. The number of fused-ring (bicyclic) bond motifs is 3. The number of rotatable bonds is 4. The number of hydrogen-bond donors (Lipinski definition) is 0. The minimum Gasteiger partial charge on any atom is -0.465 e. The number of nitrogens with zero attached hydrogens (tertiary/aromatic N) is 1. The van der Waals surface area contributed by atoms with Crippen LogP contribution >= 0.6 is 11.6 Å². The van der Waals surface area contributed by atoms with Crippen molar-refractivity contribution in [1.29, 1.82) is 0 Å². The van der Waals surface area contributed by atoms with Crippen LogP contribution in [0, 0.1) is 11.8 Å². The Morgan fingerprint density at radius 2 is 1.93 bits per heavy atom. The Hall–Kier alpha value is -2.59. The molecule has 4 rings (SSSR count). The van der Waals surface area contributed by atoms with Gasteiger partial charge in [0.15, 0.2) is 5.78 Å². The van der Waals surface area contributed by atoms with Crippen molar-refractivity contribution in [3.63, 3.8) is 0 Å². The molecule has 5 heteroatoms. The van der Waals surface area contributed by atoms with Gasteiger partial charge in [-0.05, 0) is 42.0 Å². The molecule has 1 aliphatic carbocycles. The molecular weight excluding hydrogens is 386 g/mol. The molecule has 1 heterocycles. The van der Waals surface area contributed by atoms with Crippen molar-refractivity contribution in [2.45, 2.75) is 33.2 Å². The molecular formula is C24H24ClNO3. The average Bonchev–Trinajstić information content (AvgIpc) is 3.03. The molecule has 1 aliphatic rings. The molecule has 0 saturated carbocycles. The summed E-state index contributed by atoms with van der Waals surface area (Å²) < 4.78 is 7.15. The van der Waals surface area contributed by atoms with E-state index in [4.69, 9.17) is 16.3 Å². The van der Waals surface area contributed by atoms with Crippen LogP contribution in [0.4, 0.5) is 0 Å². The van der Waals surface area contributed by atoms with Crippen molar-refractivity contribution in [2.24, 2.45) is 11.8 Å². The van der Waals surface area contributed by atoms with Crippen molar-refractivity contribution in [3.8, 4) is 0 Å². The van der Waals surface area contributed by atoms with E-state index in [1.54, 1.807) is 6.07 Å². The second-order valence-electron chi connectivity index (χ2n) is 8.03. The summed E-state index contributed by atoms with van der Waals surface area (Å²) in [5.74, 6) is 0.362. The number of hydrogen-bond acceptors (Lipinski definition) is 3. The number of ether oxygens (including phenoxy) is 1. The first kappa shape index (κ1) is 19.7. The van der Waals surface area contributed by atoms with Gasteiger partial charge in [0.2, 0.25) is 0 Å². The maximum absolute atomic E-state index is 13.2. The normalized spacial score (nSPS) is 16.3. The van der Waals surface area contributed by atoms with Gasteiger partial charge in [-0.2, -0.15) is 0 Å². The summed E-state index contributed by atoms with van der Waals surface area (Å²) in [5, 5.41) is 1.39. The van der Waals surface area contributed by atoms with Crippen molar-refractivity contribution in [1.82, 2.24) is 4.57 Å². The number of Topliss-reactive ketones (excluding diaryl/α,β-unsaturated/α-hetero) is 1. The van der Waals surface area contributed by atoms with E-state index >= 15 is 0 Å². The Bertz CT molecular complexity index is 1110. The topological polar surface area (TPSA) is 48.3 Å². The summed E-state index contributed by atoms with van der Waals surface area (Å²) in [7, 11) is 1.37. The highest BCUT2D eigenvalue weighted by Crippen LogP contribution is 2.39. The van der Waals surface area contributed by atoms with E-state index in [0.29, 0.717) is 40.4 Å². The van der Waals surface area contributed by atoms with Gasteiger partial charge < -0.3 is 9.30 Å². The highest BCUT2D eigenvalue weighted by molar-refractivity contribution is 6.31. The van der Waals surface area contributed by atoms with E-state index < -0.39 is 5.97 Å². The number of carbonyl (C=O) groups excluding carboxylic acids is 2. The molecule has 1 aromatic heterocycles. The van der Waals surface area contributed by atoms with E-state index in [9.17, 15) is 9.59 Å². The monoisotopic (exact) mass is 409 g/mol. The third kappa shape index (κ3) is 3.36. The minimum atomic E-state index is -0.424. The molecule has 0 saturated heterocycles. The Balaban J connectivity index is 1.99. The Morgan fingerprint density at radius 1 is 1.17 bits per heavy atom. The molecule has 0 spiro atoms. The summed E-state index contributed by atoms with van der Waals surface area (Å²) in [6.45, 7) is 4.86. The average molecular weight is 410 g/mol. The van der Waals surface area contributed by atoms with Crippen LogP contribution in [0.2, 0.25) is 5.02 Å². The van der Waals surface area contributed by atoms with Gasteiger partial charge >= 0.3 is 5.97 Å². The van der Waals surface area contributed by atoms with Gasteiger partial charge in [-0.15, -0.1) is 0 Å². The second kappa shape index (κ2) is 7.68. The Morgan fingerprint density at radius 3 is 2.62 bits per heavy atom. The van der Waals surface area contributed by atoms with Crippen molar-refractivity contribution in [2.75, 3.05) is 7.11 Å². The maximum Gasteiger partial charge on any atom is 0.338 e. The molecule has 0 bridgehead atoms. The SMILES string of the molecule is COC(=O)c1cccc2c1c1c(n2Cc2ccccc2Cl)CC(C(C)C)CC1=O. The Kier molecular flexibility index (Phi) is 5.22. The fourth-order valence-corrected chi connectivity index (χ4v) is 4.55. The molecule has 0 amide bonds. The second-order valence-corrected chi connectivity index (χ2v) is 8.43. The standard InChI is InChI=1S/C24H24ClNO3/c1-14(2)16-11-20-23(21(27)12-16)22-17(24(28)29-3)8-6-10-19(22)26(20)13-15-7-4-5-9-18(15)25/h4-10,14,16H,11-13H2,1-3H3. The summed E-state index contributed by atoms with van der Waals surface area (Å²) in [6.07, 6.45) is 1.31. The van der Waals surface area contributed by atoms with Crippen LogP contribution in [-0.4, -0.2) is 23.4 Å². The zero-order chi connectivity index (χ0) is 20.7. The lowest BCUT2D eigenvalue weighted by Gasteiger charge is -2.26. The molecule has 2 aromatic carbocycles. The zero-order valence-corrected chi connectivity index (χ0v) is 17.6. The van der Waals surface area contributed by atoms with Gasteiger partial charge in [-0.1, -0.05) is 49.7 Å². The first-order chi connectivity index (χ1) is 13.9. The number of halogens is 1. The molecule has 0 radical (unpaired) electrons. The Labute approximate surface area is 175 Å². The van der Waals surface area contributed by atoms with Gasteiger partial charge in [0.25, 0.3) is 0 Å². The van der Waals surface area contributed by atoms with Crippen LogP contribution in [0.5, 0.6) is 0 Å². The number of ketones is 1. The number of methoxy groups -OCH3 is 1. The number of benzene rings is 2. The molecule has 0 fully saturated rings. The summed E-state index contributed by atoms with van der Waals surface area (Å²) >= 11 is 6.43. The highest BCUT2D eigenvalue weighted by atomic mass is 35.5. The van der Waals surface area contributed by atoms with E-state index in [-0.39, 0.29) is 11.7 Å². The lowest BCUT2D eigenvalue weighted by Crippen LogP contribution is -2.25. The van der Waals surface area contributed by atoms with Crippen molar-refractivity contribution in [3.05, 3.63) is 69.9 Å². The maximum atomic E-state index is 13.2. The highest BCUT2D eigenvalue weighted by Gasteiger charge is 2.34. The quantitative estimate of drug-likeness (QED) is 0.532. The van der Waals surface area contributed by atoms with E-state index in [2.05, 4.69) is 18.4 Å². The van der Waals surface area contributed by atoms with Crippen LogP contribution in [0.1, 0.15) is 52.2 Å². The van der Waals surface area contributed by atoms with Gasteiger partial charge in [0.1, 0.15) is 0 Å². The number of carbonyl (C=O) groups is 2. The van der Waals surface area contributed by atoms with Gasteiger partial charge in [0, 0.05) is 34.6 Å². The minimum absolute atomic E-state index is 0.101. The molecule has 0 aliphatic heterocycles. The first-order valence-electron chi connectivity index (χ1n) is 9.91. The number of esters is 1. The molecule has 0 N–H and O–H groups in total. The summed E-state index contributed by atoms with van der Waals surface area (Å²) in [4.78, 5) is 25.7. The van der Waals surface area contributed by atoms with Crippen LogP contribution in [-0.2, 0) is 17.7 Å². The molecule has 4 nitrogen and oxygen atoms in total. The third-order valence-electron chi connectivity index (χ3n) is 6.01. The van der Waals surface area contributed by atoms with Crippen molar-refractivity contribution < 1.29 is 14.3 Å². The predicted octanol–water partition coefficient (Wildman–Crippen LogP) is 5.53. The van der Waals surface area contributed by atoms with Crippen molar-refractivity contribution >= 4 is 34.3 Å². The fourth-order valence-electron chi connectivity index (χ4n) is 4.35. The van der Waals surface area contributed by atoms with Crippen LogP contribution < -0.4 is 0 Å². The van der Waals surface area contributed by atoms with Gasteiger partial charge in [-0.3, -0.25) is 4.79 Å². The molecule has 1 atom stereocenters. The lowest BCUT2D eigenvalue weighted by molar-refractivity contribution is 0.0603. The molecule has 150 valence electrons. The molecule has 3 aromatic rings. The van der Waals surface area contributed by atoms with Gasteiger partial charge in [0.05, 0.1) is 18.2 Å². The molecule has 29 heavy (non-hydrogen) atoms. The predicted molar refractivity (Wildman–Crippen MR) is 115 cm³/mol. The molecule has 1 unspecified atom stereocenters. The summed E-state index contributed by atoms with van der Waals surface area (Å²) in [6, 6.07) is 13.3. The van der Waals surface area contributed by atoms with Gasteiger partial charge in [-0.25, -0.2) is 4.79 Å². The summed E-state index contributed by atoms with van der Waals surface area (Å²) in [5.41, 5.74) is 3.96. The van der Waals surface area contributed by atoms with Crippen LogP contribution in [0.15, 0.2) is 42.5 Å². The van der Waals surface area contributed by atoms with Crippen LogP contribution in [0.3, 0.4) is 0 Å². The zero-order valence-electron chi connectivity index (χ0n) is 16.9. The smallest absolute Gasteiger partial charge is 0.338 e. The van der Waals surface area contributed by atoms with Crippen LogP contribution in [0.25, 0.3) is 10.9 Å². The van der Waals surface area contributed by atoms with E-state index in [1.807, 2.05) is 36.4 Å². The first-order valence-corrected chi connectivity index (χ1v) is 10.3.